The van der Waals surface area contributed by atoms with Gasteiger partial charge in [-0.3, -0.25) is 24.0 Å². The highest BCUT2D eigenvalue weighted by Crippen LogP contribution is 2.33. The third kappa shape index (κ3) is 5.06. The van der Waals surface area contributed by atoms with Crippen LogP contribution in [0, 0.1) is 12.7 Å². The molecule has 0 aliphatic rings. The molecule has 3 aromatic carbocycles. The summed E-state index contributed by atoms with van der Waals surface area (Å²) >= 11 is 0. The number of methoxy groups -OCH3 is 1. The second kappa shape index (κ2) is 10.9. The number of carbonyl (C=O) groups is 2. The Bertz CT molecular complexity index is 1810. The van der Waals surface area contributed by atoms with Crippen molar-refractivity contribution in [3.8, 4) is 22.9 Å². The highest BCUT2D eigenvalue weighted by molar-refractivity contribution is 6.05. The number of fused-ring (bicyclic) bond motifs is 1. The zero-order chi connectivity index (χ0) is 28.4. The first-order valence-corrected chi connectivity index (χ1v) is 12.4. The van der Waals surface area contributed by atoms with Gasteiger partial charge in [0.25, 0.3) is 11.5 Å². The minimum Gasteiger partial charge on any atom is -0.497 e. The van der Waals surface area contributed by atoms with E-state index < -0.39 is 17.3 Å². The molecule has 0 saturated carbocycles. The van der Waals surface area contributed by atoms with E-state index in [0.29, 0.717) is 33.8 Å². The van der Waals surface area contributed by atoms with Crippen LogP contribution in [0.15, 0.2) is 83.8 Å². The van der Waals surface area contributed by atoms with Gasteiger partial charge in [0.1, 0.15) is 17.1 Å². The minimum absolute atomic E-state index is 0.0588. The van der Waals surface area contributed by atoms with E-state index in [0.717, 1.165) is 6.07 Å². The van der Waals surface area contributed by atoms with Crippen LogP contribution in [-0.4, -0.2) is 33.1 Å². The van der Waals surface area contributed by atoms with Gasteiger partial charge in [-0.25, -0.2) is 9.07 Å². The lowest BCUT2D eigenvalue weighted by Crippen LogP contribution is -2.26. The molecular weight excluding hydrogens is 515 g/mol. The van der Waals surface area contributed by atoms with Crippen LogP contribution in [0.1, 0.15) is 23.0 Å². The number of Topliss-reactive ketones (excluding diaryl/α,β-unsaturated/α-hetero) is 1. The first-order chi connectivity index (χ1) is 19.3. The van der Waals surface area contributed by atoms with Crippen molar-refractivity contribution in [3.63, 3.8) is 0 Å². The zero-order valence-electron chi connectivity index (χ0n) is 22.0. The van der Waals surface area contributed by atoms with E-state index in [9.17, 15) is 14.4 Å². The monoisotopic (exact) mass is 540 g/mol. The van der Waals surface area contributed by atoms with Gasteiger partial charge in [0.05, 0.1) is 30.6 Å². The molecule has 40 heavy (non-hydrogen) atoms. The Kier molecular flexibility index (Phi) is 7.15. The van der Waals surface area contributed by atoms with Gasteiger partial charge in [-0.1, -0.05) is 18.2 Å². The number of ether oxygens (including phenoxy) is 2. The molecule has 9 nitrogen and oxygen atoms in total. The molecule has 0 spiro atoms. The van der Waals surface area contributed by atoms with Crippen molar-refractivity contribution >= 4 is 28.3 Å². The lowest BCUT2D eigenvalue weighted by molar-refractivity contribution is -0.117. The number of para-hydroxylation sites is 1. The van der Waals surface area contributed by atoms with Crippen LogP contribution in [0.25, 0.3) is 16.6 Å². The Labute approximate surface area is 228 Å². The highest BCUT2D eigenvalue weighted by Gasteiger charge is 2.24. The molecule has 1 N–H and O–H groups in total. The van der Waals surface area contributed by atoms with Crippen molar-refractivity contribution in [1.29, 1.82) is 0 Å². The molecule has 0 fully saturated rings. The lowest BCUT2D eigenvalue weighted by Gasteiger charge is -2.12. The molecule has 202 valence electrons. The largest absolute Gasteiger partial charge is 0.497 e. The number of pyridine rings is 1. The lowest BCUT2D eigenvalue weighted by atomic mass is 10.2. The summed E-state index contributed by atoms with van der Waals surface area (Å²) in [5.74, 6) is -0.663. The summed E-state index contributed by atoms with van der Waals surface area (Å²) in [6, 6.07) is 19.6. The number of amides is 1. The molecule has 0 bridgehead atoms. The van der Waals surface area contributed by atoms with Gasteiger partial charge < -0.3 is 14.8 Å². The second-order valence-corrected chi connectivity index (χ2v) is 9.07. The SMILES string of the molecule is COc1ccc2c(Oc3ccc(NC(=O)c4c(C)n(CC(C)=O)n(-c5ccccc5)c4=O)cc3F)ccnc2c1. The number of hydrogen-bond donors (Lipinski definition) is 1. The topological polar surface area (TPSA) is 104 Å². The third-order valence-corrected chi connectivity index (χ3v) is 6.32. The zero-order valence-corrected chi connectivity index (χ0v) is 22.0. The number of halogens is 1. The fourth-order valence-corrected chi connectivity index (χ4v) is 4.43. The number of benzene rings is 3. The van der Waals surface area contributed by atoms with Gasteiger partial charge in [0.15, 0.2) is 17.3 Å². The Morgan fingerprint density at radius 3 is 2.48 bits per heavy atom. The Hall–Kier alpha value is -5.25. The van der Waals surface area contributed by atoms with Crippen molar-refractivity contribution in [2.24, 2.45) is 0 Å². The van der Waals surface area contributed by atoms with Crippen LogP contribution in [-0.2, 0) is 11.3 Å². The van der Waals surface area contributed by atoms with Crippen LogP contribution in [0.2, 0.25) is 0 Å². The van der Waals surface area contributed by atoms with Crippen molar-refractivity contribution in [2.45, 2.75) is 20.4 Å². The second-order valence-electron chi connectivity index (χ2n) is 9.07. The maximum atomic E-state index is 15.1. The summed E-state index contributed by atoms with van der Waals surface area (Å²) in [6.45, 7) is 2.89. The van der Waals surface area contributed by atoms with Gasteiger partial charge >= 0.3 is 0 Å². The average molecular weight is 541 g/mol. The fourth-order valence-electron chi connectivity index (χ4n) is 4.43. The smallest absolute Gasteiger partial charge is 0.284 e. The Morgan fingerprint density at radius 1 is 1.00 bits per heavy atom. The van der Waals surface area contributed by atoms with Gasteiger partial charge in [-0.05, 0) is 56.3 Å². The number of hydrogen-bond acceptors (Lipinski definition) is 6. The van der Waals surface area contributed by atoms with Gasteiger partial charge in [-0.2, -0.15) is 0 Å². The van der Waals surface area contributed by atoms with E-state index >= 15 is 4.39 Å². The number of carbonyl (C=O) groups excluding carboxylic acids is 2. The predicted molar refractivity (Wildman–Crippen MR) is 148 cm³/mol. The van der Waals surface area contributed by atoms with E-state index in [2.05, 4.69) is 10.3 Å². The molecule has 10 heteroatoms. The molecule has 2 heterocycles. The summed E-state index contributed by atoms with van der Waals surface area (Å²) in [5.41, 5.74) is 0.820. The van der Waals surface area contributed by atoms with Crippen LogP contribution in [0.4, 0.5) is 10.1 Å². The van der Waals surface area contributed by atoms with E-state index in [-0.39, 0.29) is 29.3 Å². The minimum atomic E-state index is -0.725. The number of nitrogens with zero attached hydrogens (tertiary/aromatic N) is 3. The van der Waals surface area contributed by atoms with Crippen molar-refractivity contribution in [2.75, 3.05) is 12.4 Å². The molecule has 5 rings (SSSR count). The van der Waals surface area contributed by atoms with E-state index in [1.54, 1.807) is 74.8 Å². The highest BCUT2D eigenvalue weighted by atomic mass is 19.1. The number of ketones is 1. The summed E-state index contributed by atoms with van der Waals surface area (Å²) in [6.07, 6.45) is 1.55. The maximum Gasteiger partial charge on any atom is 0.284 e. The standard InChI is InChI=1S/C30H25FN4O5/c1-18(36)17-34-19(2)28(30(38)35(34)21-7-5-4-6-8-21)29(37)33-20-9-12-27(24(31)15-20)40-26-13-14-32-25-16-22(39-3)10-11-23(25)26/h4-16H,17H2,1-3H3,(H,33,37). The summed E-state index contributed by atoms with van der Waals surface area (Å²) < 4.78 is 28.9. The predicted octanol–water partition coefficient (Wildman–Crippen LogP) is 5.28. The maximum absolute atomic E-state index is 15.1. The van der Waals surface area contributed by atoms with Crippen molar-refractivity contribution < 1.29 is 23.5 Å². The molecule has 0 aliphatic heterocycles. The Balaban J connectivity index is 1.42. The quantitative estimate of drug-likeness (QED) is 0.287. The van der Waals surface area contributed by atoms with Crippen LogP contribution in [0.3, 0.4) is 0 Å². The number of rotatable bonds is 8. The first-order valence-electron chi connectivity index (χ1n) is 12.4. The number of anilines is 1. The van der Waals surface area contributed by atoms with Crippen molar-refractivity contribution in [3.05, 3.63) is 106 Å². The molecule has 0 saturated heterocycles. The van der Waals surface area contributed by atoms with Crippen LogP contribution in [0.5, 0.6) is 17.2 Å². The molecule has 0 atom stereocenters. The summed E-state index contributed by atoms with van der Waals surface area (Å²) in [7, 11) is 1.55. The Morgan fingerprint density at radius 2 is 1.77 bits per heavy atom. The molecule has 2 aromatic heterocycles. The first kappa shape index (κ1) is 26.4. The van der Waals surface area contributed by atoms with Crippen molar-refractivity contribution in [1.82, 2.24) is 14.3 Å². The molecule has 5 aromatic rings. The molecule has 1 amide bonds. The molecule has 0 unspecified atom stereocenters. The number of aromatic nitrogens is 3. The number of nitrogens with one attached hydrogen (secondary N) is 1. The van der Waals surface area contributed by atoms with E-state index in [1.807, 2.05) is 0 Å². The van der Waals surface area contributed by atoms with E-state index in [1.165, 1.54) is 28.4 Å². The van der Waals surface area contributed by atoms with E-state index in [4.69, 9.17) is 9.47 Å². The van der Waals surface area contributed by atoms with Gasteiger partial charge in [0, 0.05) is 29.4 Å². The van der Waals surface area contributed by atoms with Crippen LogP contribution < -0.4 is 20.3 Å². The van der Waals surface area contributed by atoms with Gasteiger partial charge in [0.2, 0.25) is 0 Å². The molecule has 0 radical (unpaired) electrons. The third-order valence-electron chi connectivity index (χ3n) is 6.32. The summed E-state index contributed by atoms with van der Waals surface area (Å²) in [4.78, 5) is 42.8. The molecule has 0 aliphatic carbocycles. The molecular formula is C30H25FN4O5. The summed E-state index contributed by atoms with van der Waals surface area (Å²) in [5, 5.41) is 3.26. The van der Waals surface area contributed by atoms with Gasteiger partial charge in [-0.15, -0.1) is 0 Å². The average Bonchev–Trinajstić information content (AvgIpc) is 3.18. The van der Waals surface area contributed by atoms with Crippen LogP contribution >= 0.6 is 0 Å². The normalized spacial score (nSPS) is 10.9. The fraction of sp³-hybridized carbons (Fsp3) is 0.133.